The normalized spacial score (nSPS) is 11.4. The van der Waals surface area contributed by atoms with Gasteiger partial charge in [-0.15, -0.1) is 6.58 Å². The molecule has 0 radical (unpaired) electrons. The van der Waals surface area contributed by atoms with E-state index in [2.05, 4.69) is 62.7 Å². The monoisotopic (exact) mass is 367 g/mol. The van der Waals surface area contributed by atoms with Crippen molar-refractivity contribution in [1.82, 2.24) is 19.8 Å². The zero-order valence-corrected chi connectivity index (χ0v) is 17.0. The van der Waals surface area contributed by atoms with Crippen LogP contribution in [0.4, 0.5) is 0 Å². The van der Waals surface area contributed by atoms with Gasteiger partial charge in [0.25, 0.3) is 0 Å². The summed E-state index contributed by atoms with van der Waals surface area (Å²) in [6.07, 6.45) is 10.6. The maximum atomic E-state index is 4.42. The largest absolute Gasteiger partial charge is 0.352 e. The zero-order chi connectivity index (χ0) is 19.5. The summed E-state index contributed by atoms with van der Waals surface area (Å²) in [6.45, 7) is 8.43. The van der Waals surface area contributed by atoms with Crippen molar-refractivity contribution >= 4 is 5.96 Å². The number of aryl methyl sites for hydroxylation is 1. The summed E-state index contributed by atoms with van der Waals surface area (Å²) in [6, 6.07) is 8.67. The van der Waals surface area contributed by atoms with Crippen LogP contribution in [0.5, 0.6) is 0 Å². The van der Waals surface area contributed by atoms with Gasteiger partial charge in [0.15, 0.2) is 5.96 Å². The van der Waals surface area contributed by atoms with E-state index in [0.29, 0.717) is 0 Å². The number of hydrogen-bond donors (Lipinski definition) is 1. The van der Waals surface area contributed by atoms with Crippen LogP contribution in [0, 0.1) is 6.92 Å². The lowest BCUT2D eigenvalue weighted by Gasteiger charge is -2.22. The summed E-state index contributed by atoms with van der Waals surface area (Å²) >= 11 is 0. The highest BCUT2D eigenvalue weighted by atomic mass is 15.3. The summed E-state index contributed by atoms with van der Waals surface area (Å²) in [5, 5.41) is 3.48. The first-order valence-electron chi connectivity index (χ1n) is 9.72. The highest BCUT2D eigenvalue weighted by Crippen LogP contribution is 2.09. The van der Waals surface area contributed by atoms with E-state index in [0.717, 1.165) is 37.8 Å². The minimum Gasteiger partial charge on any atom is -0.352 e. The number of aromatic nitrogens is 2. The first-order valence-corrected chi connectivity index (χ1v) is 9.72. The van der Waals surface area contributed by atoms with Crippen LogP contribution in [-0.2, 0) is 13.1 Å². The molecule has 146 valence electrons. The number of nitrogens with one attached hydrogen (secondary N) is 1. The van der Waals surface area contributed by atoms with Crippen LogP contribution in [0.2, 0.25) is 0 Å². The highest BCUT2D eigenvalue weighted by Gasteiger charge is 2.06. The molecule has 27 heavy (non-hydrogen) atoms. The van der Waals surface area contributed by atoms with Crippen molar-refractivity contribution in [2.45, 2.75) is 45.7 Å². The summed E-state index contributed by atoms with van der Waals surface area (Å²) in [5.41, 5.74) is 2.53. The summed E-state index contributed by atoms with van der Waals surface area (Å²) in [5.74, 6) is 1.98. The van der Waals surface area contributed by atoms with Crippen LogP contribution < -0.4 is 5.32 Å². The fourth-order valence-corrected chi connectivity index (χ4v) is 3.09. The number of aliphatic imine (C=N–C) groups is 1. The van der Waals surface area contributed by atoms with Crippen LogP contribution in [0.15, 0.2) is 54.3 Å². The van der Waals surface area contributed by atoms with Crippen LogP contribution in [0.3, 0.4) is 0 Å². The van der Waals surface area contributed by atoms with Crippen molar-refractivity contribution < 1.29 is 0 Å². The number of unbranched alkanes of at least 4 members (excludes halogenated alkanes) is 3. The number of hydrogen-bond acceptors (Lipinski definition) is 2. The lowest BCUT2D eigenvalue weighted by molar-refractivity contribution is 0.455. The standard InChI is InChI=1S/C22H33N5/c1-5-6-7-8-9-14-26(4)22(23-3)25-17-20-11-10-12-21(16-20)18-27-15-13-24-19(27)2/h5,10-13,15-16H,1,6-9,14,17-18H2,2-4H3,(H,23,25). The molecular weight excluding hydrogens is 334 g/mol. The second-order valence-corrected chi connectivity index (χ2v) is 6.88. The molecule has 0 saturated heterocycles. The molecule has 0 atom stereocenters. The second-order valence-electron chi connectivity index (χ2n) is 6.88. The fraction of sp³-hybridized carbons (Fsp3) is 0.455. The Hall–Kier alpha value is -2.56. The molecular formula is C22H33N5. The third-order valence-corrected chi connectivity index (χ3v) is 4.69. The van der Waals surface area contributed by atoms with Crippen molar-refractivity contribution in [1.29, 1.82) is 0 Å². The molecule has 5 nitrogen and oxygen atoms in total. The number of rotatable bonds is 10. The Morgan fingerprint density at radius 3 is 2.81 bits per heavy atom. The second kappa shape index (κ2) is 11.2. The smallest absolute Gasteiger partial charge is 0.193 e. The molecule has 0 fully saturated rings. The molecule has 5 heteroatoms. The number of imidazole rings is 1. The lowest BCUT2D eigenvalue weighted by atomic mass is 10.1. The first kappa shape index (κ1) is 20.7. The van der Waals surface area contributed by atoms with E-state index in [1.807, 2.05) is 32.4 Å². The molecule has 1 aromatic heterocycles. The molecule has 2 aromatic rings. The van der Waals surface area contributed by atoms with Gasteiger partial charge in [0, 0.05) is 46.1 Å². The van der Waals surface area contributed by atoms with E-state index in [-0.39, 0.29) is 0 Å². The molecule has 0 bridgehead atoms. The van der Waals surface area contributed by atoms with Crippen molar-refractivity contribution in [2.24, 2.45) is 4.99 Å². The summed E-state index contributed by atoms with van der Waals surface area (Å²) in [4.78, 5) is 10.9. The van der Waals surface area contributed by atoms with Crippen LogP contribution >= 0.6 is 0 Å². The highest BCUT2D eigenvalue weighted by molar-refractivity contribution is 5.79. The predicted octanol–water partition coefficient (Wildman–Crippen LogP) is 3.99. The number of guanidine groups is 1. The number of nitrogens with zero attached hydrogens (tertiary/aromatic N) is 4. The Kier molecular flexibility index (Phi) is 8.62. The van der Waals surface area contributed by atoms with Gasteiger partial charge in [0.1, 0.15) is 5.82 Å². The van der Waals surface area contributed by atoms with E-state index in [9.17, 15) is 0 Å². The van der Waals surface area contributed by atoms with Gasteiger partial charge < -0.3 is 14.8 Å². The third kappa shape index (κ3) is 6.93. The molecule has 1 aromatic carbocycles. The lowest BCUT2D eigenvalue weighted by Crippen LogP contribution is -2.39. The Morgan fingerprint density at radius 2 is 2.11 bits per heavy atom. The molecule has 1 heterocycles. The SMILES string of the molecule is C=CCCCCCN(C)C(=NC)NCc1cccc(Cn2ccnc2C)c1. The Morgan fingerprint density at radius 1 is 1.30 bits per heavy atom. The van der Waals surface area contributed by atoms with E-state index >= 15 is 0 Å². The van der Waals surface area contributed by atoms with Gasteiger partial charge in [-0.3, -0.25) is 4.99 Å². The van der Waals surface area contributed by atoms with E-state index in [1.54, 1.807) is 0 Å². The summed E-state index contributed by atoms with van der Waals surface area (Å²) in [7, 11) is 3.94. The third-order valence-electron chi connectivity index (χ3n) is 4.69. The Bertz CT molecular complexity index is 732. The topological polar surface area (TPSA) is 45.5 Å². The van der Waals surface area contributed by atoms with Crippen LogP contribution in [0.1, 0.15) is 42.6 Å². The van der Waals surface area contributed by atoms with Gasteiger partial charge >= 0.3 is 0 Å². The van der Waals surface area contributed by atoms with Gasteiger partial charge in [-0.1, -0.05) is 36.8 Å². The van der Waals surface area contributed by atoms with Crippen LogP contribution in [-0.4, -0.2) is 41.1 Å². The quantitative estimate of drug-likeness (QED) is 0.299. The molecule has 1 N–H and O–H groups in total. The van der Waals surface area contributed by atoms with Gasteiger partial charge in [0.2, 0.25) is 0 Å². The maximum Gasteiger partial charge on any atom is 0.193 e. The maximum absolute atomic E-state index is 4.42. The minimum atomic E-state index is 0.768. The van der Waals surface area contributed by atoms with Crippen LogP contribution in [0.25, 0.3) is 0 Å². The van der Waals surface area contributed by atoms with Crippen molar-refractivity contribution in [2.75, 3.05) is 20.6 Å². The molecule has 0 aliphatic rings. The molecule has 0 saturated carbocycles. The van der Waals surface area contributed by atoms with Gasteiger partial charge in [-0.25, -0.2) is 4.98 Å². The molecule has 0 amide bonds. The molecule has 2 rings (SSSR count). The predicted molar refractivity (Wildman–Crippen MR) is 114 cm³/mol. The number of benzene rings is 1. The Labute approximate surface area is 163 Å². The molecule has 0 unspecified atom stereocenters. The summed E-state index contributed by atoms with van der Waals surface area (Å²) < 4.78 is 2.16. The average Bonchev–Trinajstić information content (AvgIpc) is 3.07. The fourth-order valence-electron chi connectivity index (χ4n) is 3.09. The van der Waals surface area contributed by atoms with Crippen molar-refractivity contribution in [3.05, 3.63) is 66.3 Å². The minimum absolute atomic E-state index is 0.768. The van der Waals surface area contributed by atoms with E-state index in [1.165, 1.54) is 30.4 Å². The van der Waals surface area contributed by atoms with E-state index < -0.39 is 0 Å². The molecule has 0 spiro atoms. The first-order chi connectivity index (χ1) is 13.1. The Balaban J connectivity index is 1.84. The van der Waals surface area contributed by atoms with Crippen molar-refractivity contribution in [3.63, 3.8) is 0 Å². The van der Waals surface area contributed by atoms with Gasteiger partial charge in [-0.05, 0) is 37.3 Å². The average molecular weight is 368 g/mol. The van der Waals surface area contributed by atoms with Gasteiger partial charge in [-0.2, -0.15) is 0 Å². The zero-order valence-electron chi connectivity index (χ0n) is 17.0. The van der Waals surface area contributed by atoms with Gasteiger partial charge in [0.05, 0.1) is 0 Å². The molecule has 0 aliphatic carbocycles. The van der Waals surface area contributed by atoms with E-state index in [4.69, 9.17) is 0 Å². The number of allylic oxidation sites excluding steroid dienone is 1. The van der Waals surface area contributed by atoms with Crippen molar-refractivity contribution in [3.8, 4) is 0 Å². The molecule has 0 aliphatic heterocycles.